The molecule has 2 rings (SSSR count). The summed E-state index contributed by atoms with van der Waals surface area (Å²) in [6.07, 6.45) is 3.56. The van der Waals surface area contributed by atoms with Gasteiger partial charge >= 0.3 is 0 Å². The highest BCUT2D eigenvalue weighted by Crippen LogP contribution is 2.26. The zero-order valence-corrected chi connectivity index (χ0v) is 10.2. The quantitative estimate of drug-likeness (QED) is 0.762. The van der Waals surface area contributed by atoms with Crippen molar-refractivity contribution in [3.8, 4) is 0 Å². The van der Waals surface area contributed by atoms with Crippen molar-refractivity contribution in [2.45, 2.75) is 13.5 Å². The van der Waals surface area contributed by atoms with Gasteiger partial charge < -0.3 is 15.4 Å². The third-order valence-corrected chi connectivity index (χ3v) is 2.84. The van der Waals surface area contributed by atoms with Gasteiger partial charge in [0.25, 0.3) is 0 Å². The number of anilines is 1. The second kappa shape index (κ2) is 4.75. The minimum Gasteiger partial charge on any atom is -0.382 e. The maximum absolute atomic E-state index is 11.2. The molecular formula is C11H18N4O2. The van der Waals surface area contributed by atoms with E-state index in [9.17, 15) is 4.79 Å². The Balaban J connectivity index is 1.83. The summed E-state index contributed by atoms with van der Waals surface area (Å²) in [5.74, 6) is -0.0565. The van der Waals surface area contributed by atoms with Crippen LogP contribution in [0.25, 0.3) is 0 Å². The van der Waals surface area contributed by atoms with Crippen LogP contribution in [-0.2, 0) is 16.1 Å². The summed E-state index contributed by atoms with van der Waals surface area (Å²) in [7, 11) is 1.61. The summed E-state index contributed by atoms with van der Waals surface area (Å²) >= 11 is 0. The lowest BCUT2D eigenvalue weighted by atomic mass is 9.89. The molecule has 1 aliphatic rings. The van der Waals surface area contributed by atoms with Gasteiger partial charge in [-0.3, -0.25) is 9.48 Å². The number of rotatable bonds is 5. The number of likely N-dealkylation sites (N-methyl/N-ethyl adjacent to an activating group) is 1. The molecule has 94 valence electrons. The van der Waals surface area contributed by atoms with E-state index >= 15 is 0 Å². The number of amides is 1. The van der Waals surface area contributed by atoms with Crippen molar-refractivity contribution in [3.05, 3.63) is 12.4 Å². The van der Waals surface area contributed by atoms with Crippen LogP contribution in [0.3, 0.4) is 0 Å². The van der Waals surface area contributed by atoms with Gasteiger partial charge in [-0.1, -0.05) is 6.92 Å². The zero-order chi connectivity index (χ0) is 12.3. The third-order valence-electron chi connectivity index (χ3n) is 2.84. The first kappa shape index (κ1) is 11.9. The molecular weight excluding hydrogens is 220 g/mol. The fourth-order valence-electron chi connectivity index (χ4n) is 1.64. The molecule has 0 unspecified atom stereocenters. The van der Waals surface area contributed by atoms with E-state index in [2.05, 4.69) is 22.7 Å². The second-order valence-electron chi connectivity index (χ2n) is 4.76. The first-order valence-corrected chi connectivity index (χ1v) is 5.66. The van der Waals surface area contributed by atoms with Crippen LogP contribution >= 0.6 is 0 Å². The van der Waals surface area contributed by atoms with Gasteiger partial charge in [0.15, 0.2) is 0 Å². The fraction of sp³-hybridized carbons (Fsp3) is 0.636. The molecule has 0 spiro atoms. The normalized spacial score (nSPS) is 17.3. The molecule has 0 atom stereocenters. The summed E-state index contributed by atoms with van der Waals surface area (Å²) in [6, 6.07) is 0. The number of nitrogens with one attached hydrogen (secondary N) is 2. The lowest BCUT2D eigenvalue weighted by molar-refractivity contribution is -0.121. The van der Waals surface area contributed by atoms with Crippen LogP contribution in [0, 0.1) is 5.41 Å². The van der Waals surface area contributed by atoms with E-state index in [0.29, 0.717) is 0 Å². The van der Waals surface area contributed by atoms with E-state index in [1.165, 1.54) is 0 Å². The Morgan fingerprint density at radius 1 is 1.65 bits per heavy atom. The first-order chi connectivity index (χ1) is 8.11. The molecule has 6 nitrogen and oxygen atoms in total. The van der Waals surface area contributed by atoms with Crippen LogP contribution in [0.1, 0.15) is 6.92 Å². The molecule has 0 aromatic carbocycles. The fourth-order valence-corrected chi connectivity index (χ4v) is 1.64. The van der Waals surface area contributed by atoms with Crippen molar-refractivity contribution in [2.24, 2.45) is 5.41 Å². The number of carbonyl (C=O) groups excluding carboxylic acids is 1. The minimum absolute atomic E-state index is 0.0565. The predicted molar refractivity (Wildman–Crippen MR) is 63.7 cm³/mol. The Morgan fingerprint density at radius 3 is 3.00 bits per heavy atom. The standard InChI is InChI=1S/C11H18N4O2/c1-11(7-17-8-11)6-13-9-3-14-15(4-9)5-10(16)12-2/h3-4,13H,5-8H2,1-2H3,(H,12,16). The van der Waals surface area contributed by atoms with Crippen molar-refractivity contribution in [1.29, 1.82) is 0 Å². The van der Waals surface area contributed by atoms with E-state index in [0.717, 1.165) is 25.4 Å². The van der Waals surface area contributed by atoms with Crippen molar-refractivity contribution >= 4 is 11.6 Å². The summed E-state index contributed by atoms with van der Waals surface area (Å²) in [6.45, 7) is 4.88. The molecule has 1 aromatic rings. The number of aromatic nitrogens is 2. The summed E-state index contributed by atoms with van der Waals surface area (Å²) in [5, 5.41) is 9.97. The highest BCUT2D eigenvalue weighted by atomic mass is 16.5. The summed E-state index contributed by atoms with van der Waals surface area (Å²) in [4.78, 5) is 11.2. The van der Waals surface area contributed by atoms with Gasteiger partial charge in [0, 0.05) is 25.2 Å². The van der Waals surface area contributed by atoms with Crippen molar-refractivity contribution in [3.63, 3.8) is 0 Å². The smallest absolute Gasteiger partial charge is 0.241 e. The summed E-state index contributed by atoms with van der Waals surface area (Å²) in [5.41, 5.74) is 1.16. The van der Waals surface area contributed by atoms with Gasteiger partial charge in [-0.25, -0.2) is 0 Å². The third kappa shape index (κ3) is 2.97. The monoisotopic (exact) mass is 238 g/mol. The Bertz CT molecular complexity index is 398. The number of hydrogen-bond donors (Lipinski definition) is 2. The van der Waals surface area contributed by atoms with Crippen molar-refractivity contribution in [2.75, 3.05) is 32.1 Å². The van der Waals surface area contributed by atoms with E-state index in [-0.39, 0.29) is 17.9 Å². The average Bonchev–Trinajstić information content (AvgIpc) is 2.71. The summed E-state index contributed by atoms with van der Waals surface area (Å²) < 4.78 is 6.80. The van der Waals surface area contributed by atoms with Crippen LogP contribution in [0.5, 0.6) is 0 Å². The highest BCUT2D eigenvalue weighted by molar-refractivity contribution is 5.75. The molecule has 0 bridgehead atoms. The minimum atomic E-state index is -0.0565. The van der Waals surface area contributed by atoms with Gasteiger partial charge in [-0.15, -0.1) is 0 Å². The lowest BCUT2D eigenvalue weighted by Crippen LogP contribution is -2.45. The number of nitrogens with zero attached hydrogens (tertiary/aromatic N) is 2. The Kier molecular flexibility index (Phi) is 3.33. The largest absolute Gasteiger partial charge is 0.382 e. The predicted octanol–water partition coefficient (Wildman–Crippen LogP) is 0.0775. The van der Waals surface area contributed by atoms with Gasteiger partial charge in [0.2, 0.25) is 5.91 Å². The van der Waals surface area contributed by atoms with Gasteiger partial charge in [0.1, 0.15) is 6.54 Å². The zero-order valence-electron chi connectivity index (χ0n) is 10.2. The molecule has 0 aliphatic carbocycles. The van der Waals surface area contributed by atoms with Crippen LogP contribution in [-0.4, -0.2) is 42.5 Å². The topological polar surface area (TPSA) is 68.2 Å². The van der Waals surface area contributed by atoms with Crippen molar-refractivity contribution < 1.29 is 9.53 Å². The Labute approximate surface area is 100 Å². The number of carbonyl (C=O) groups is 1. The van der Waals surface area contributed by atoms with Crippen LogP contribution in [0.4, 0.5) is 5.69 Å². The molecule has 6 heteroatoms. The maximum atomic E-state index is 11.2. The maximum Gasteiger partial charge on any atom is 0.241 e. The van der Waals surface area contributed by atoms with Crippen LogP contribution in [0.2, 0.25) is 0 Å². The van der Waals surface area contributed by atoms with Gasteiger partial charge in [-0.2, -0.15) is 5.10 Å². The molecule has 0 radical (unpaired) electrons. The molecule has 1 aromatic heterocycles. The average molecular weight is 238 g/mol. The van der Waals surface area contributed by atoms with E-state index < -0.39 is 0 Å². The molecule has 1 aliphatic heterocycles. The lowest BCUT2D eigenvalue weighted by Gasteiger charge is -2.38. The van der Waals surface area contributed by atoms with Crippen molar-refractivity contribution in [1.82, 2.24) is 15.1 Å². The van der Waals surface area contributed by atoms with Gasteiger partial charge in [0.05, 0.1) is 25.1 Å². The molecule has 2 heterocycles. The Morgan fingerprint density at radius 2 is 2.41 bits per heavy atom. The Hall–Kier alpha value is -1.56. The first-order valence-electron chi connectivity index (χ1n) is 5.66. The van der Waals surface area contributed by atoms with E-state index in [1.807, 2.05) is 6.20 Å². The SMILES string of the molecule is CNC(=O)Cn1cc(NCC2(C)COC2)cn1. The van der Waals surface area contributed by atoms with Crippen LogP contribution < -0.4 is 10.6 Å². The molecule has 17 heavy (non-hydrogen) atoms. The van der Waals surface area contributed by atoms with E-state index in [4.69, 9.17) is 4.74 Å². The molecule has 0 saturated carbocycles. The van der Waals surface area contributed by atoms with Crippen LogP contribution in [0.15, 0.2) is 12.4 Å². The van der Waals surface area contributed by atoms with E-state index in [1.54, 1.807) is 17.9 Å². The second-order valence-corrected chi connectivity index (χ2v) is 4.76. The number of hydrogen-bond acceptors (Lipinski definition) is 4. The number of ether oxygens (including phenoxy) is 1. The molecule has 1 saturated heterocycles. The highest BCUT2D eigenvalue weighted by Gasteiger charge is 2.32. The molecule has 1 amide bonds. The molecule has 2 N–H and O–H groups in total. The molecule has 1 fully saturated rings. The van der Waals surface area contributed by atoms with Gasteiger partial charge in [-0.05, 0) is 0 Å².